The highest BCUT2D eigenvalue weighted by Gasteiger charge is 1.88. The fourth-order valence-corrected chi connectivity index (χ4v) is 0.130. The van der Waals surface area contributed by atoms with Crippen molar-refractivity contribution in [1.29, 1.82) is 0 Å². The number of hydrogen-bond acceptors (Lipinski definition) is 1. The van der Waals surface area contributed by atoms with E-state index < -0.39 is 5.91 Å². The average molecular weight is 120 g/mol. The summed E-state index contributed by atoms with van der Waals surface area (Å²) in [6.45, 7) is 0. The second-order valence-electron chi connectivity index (χ2n) is 0.717. The maximum Gasteiger partial charge on any atom is 0.233 e. The van der Waals surface area contributed by atoms with Crippen LogP contribution in [0.15, 0.2) is 5.11 Å². The van der Waals surface area contributed by atoms with E-state index in [0.29, 0.717) is 0 Å². The lowest BCUT2D eigenvalue weighted by Crippen LogP contribution is -1.89. The van der Waals surface area contributed by atoms with Crippen molar-refractivity contribution < 1.29 is 4.79 Å². The summed E-state index contributed by atoms with van der Waals surface area (Å²) in [6, 6.07) is 0. The maximum atomic E-state index is 9.86. The molecular weight excluding hydrogens is 117 g/mol. The molecule has 0 bridgehead atoms. The van der Waals surface area contributed by atoms with Crippen molar-refractivity contribution in [2.45, 2.75) is 0 Å². The zero-order valence-corrected chi connectivity index (χ0v) is 4.09. The van der Waals surface area contributed by atoms with Gasteiger partial charge in [0.2, 0.25) is 5.91 Å². The number of hydrogen-bond donors (Lipinski definition) is 0. The van der Waals surface area contributed by atoms with Crippen LogP contribution in [0.2, 0.25) is 0 Å². The standard InChI is InChI=1S/C2H2ClN3O/c3-1-2(7)5-6-4/h1H2. The van der Waals surface area contributed by atoms with Gasteiger partial charge in [0.15, 0.2) is 0 Å². The normalized spacial score (nSPS) is 7.00. The fraction of sp³-hybridized carbons (Fsp3) is 0.500. The summed E-state index contributed by atoms with van der Waals surface area (Å²) in [5, 5.41) is 2.65. The smallest absolute Gasteiger partial charge is 0.233 e. The second kappa shape index (κ2) is 3.46. The molecule has 0 aliphatic heterocycles. The van der Waals surface area contributed by atoms with Gasteiger partial charge in [0.25, 0.3) is 0 Å². The van der Waals surface area contributed by atoms with E-state index in [2.05, 4.69) is 10.0 Å². The molecule has 7 heavy (non-hydrogen) atoms. The van der Waals surface area contributed by atoms with Gasteiger partial charge in [-0.1, -0.05) is 0 Å². The Labute approximate surface area is 44.7 Å². The van der Waals surface area contributed by atoms with E-state index in [9.17, 15) is 4.79 Å². The third-order valence-electron chi connectivity index (χ3n) is 0.271. The molecule has 0 heterocycles. The van der Waals surface area contributed by atoms with E-state index in [1.165, 1.54) is 0 Å². The first-order valence-electron chi connectivity index (χ1n) is 1.45. The number of halogens is 1. The van der Waals surface area contributed by atoms with Crippen molar-refractivity contribution in [3.8, 4) is 0 Å². The van der Waals surface area contributed by atoms with Gasteiger partial charge in [-0.05, 0) is 10.6 Å². The van der Waals surface area contributed by atoms with Gasteiger partial charge in [0.05, 0.1) is 5.88 Å². The fourth-order valence-electron chi connectivity index (χ4n) is 0.0766. The van der Waals surface area contributed by atoms with Crippen LogP contribution in [0.4, 0.5) is 0 Å². The number of alkyl halides is 1. The first-order valence-corrected chi connectivity index (χ1v) is 1.98. The highest BCUT2D eigenvalue weighted by Crippen LogP contribution is 1.78. The van der Waals surface area contributed by atoms with Crippen molar-refractivity contribution in [3.63, 3.8) is 0 Å². The molecule has 0 radical (unpaired) electrons. The molecule has 0 aliphatic carbocycles. The van der Waals surface area contributed by atoms with Gasteiger partial charge >= 0.3 is 0 Å². The van der Waals surface area contributed by atoms with Gasteiger partial charge in [-0.3, -0.25) is 4.79 Å². The van der Waals surface area contributed by atoms with Crippen LogP contribution in [-0.2, 0) is 4.79 Å². The summed E-state index contributed by atoms with van der Waals surface area (Å²) >= 11 is 4.92. The third kappa shape index (κ3) is 3.09. The number of carbonyl (C=O) groups excluding carboxylic acids is 1. The Balaban J connectivity index is 3.58. The first-order chi connectivity index (χ1) is 3.31. The predicted molar refractivity (Wildman–Crippen MR) is 24.9 cm³/mol. The first kappa shape index (κ1) is 6.27. The minimum atomic E-state index is -0.649. The molecule has 4 nitrogen and oxygen atoms in total. The monoisotopic (exact) mass is 119 g/mol. The molecule has 0 rings (SSSR count). The molecule has 1 amide bonds. The Morgan fingerprint density at radius 1 is 2.00 bits per heavy atom. The molecule has 0 aromatic heterocycles. The minimum absolute atomic E-state index is 0.246. The van der Waals surface area contributed by atoms with Crippen molar-refractivity contribution in [2.75, 3.05) is 5.88 Å². The van der Waals surface area contributed by atoms with Crippen LogP contribution in [0, 0.1) is 0 Å². The SMILES string of the molecule is [N-]=[N+]=NC(=O)CCl. The Morgan fingerprint density at radius 3 is 2.71 bits per heavy atom. The lowest BCUT2D eigenvalue weighted by molar-refractivity contribution is -0.115. The molecule has 0 aromatic rings. The van der Waals surface area contributed by atoms with Gasteiger partial charge in [-0.25, -0.2) is 0 Å². The largest absolute Gasteiger partial charge is 0.291 e. The Hall–Kier alpha value is -0.730. The van der Waals surface area contributed by atoms with Crippen molar-refractivity contribution >= 4 is 17.5 Å². The van der Waals surface area contributed by atoms with Crippen LogP contribution in [0.1, 0.15) is 0 Å². The summed E-state index contributed by atoms with van der Waals surface area (Å²) in [6.07, 6.45) is 0. The van der Waals surface area contributed by atoms with E-state index in [4.69, 9.17) is 17.1 Å². The topological polar surface area (TPSA) is 65.8 Å². The predicted octanol–water partition coefficient (Wildman–Crippen LogP) is 1.06. The number of nitrogens with zero attached hydrogens (tertiary/aromatic N) is 3. The quantitative estimate of drug-likeness (QED) is 0.220. The van der Waals surface area contributed by atoms with E-state index in [1.807, 2.05) is 0 Å². The number of amides is 1. The van der Waals surface area contributed by atoms with Gasteiger partial charge in [0.1, 0.15) is 0 Å². The van der Waals surface area contributed by atoms with Crippen LogP contribution in [0.25, 0.3) is 10.4 Å². The molecule has 0 saturated heterocycles. The van der Waals surface area contributed by atoms with E-state index in [-0.39, 0.29) is 5.88 Å². The number of rotatable bonds is 1. The lowest BCUT2D eigenvalue weighted by Gasteiger charge is -1.71. The van der Waals surface area contributed by atoms with Crippen LogP contribution in [0.5, 0.6) is 0 Å². The summed E-state index contributed by atoms with van der Waals surface area (Å²) in [4.78, 5) is 12.1. The van der Waals surface area contributed by atoms with Gasteiger partial charge in [0, 0.05) is 4.91 Å². The molecule has 5 heteroatoms. The number of carbonyl (C=O) groups is 1. The minimum Gasteiger partial charge on any atom is -0.291 e. The Morgan fingerprint density at radius 2 is 2.57 bits per heavy atom. The van der Waals surface area contributed by atoms with Crippen molar-refractivity contribution in [1.82, 2.24) is 0 Å². The molecule has 0 spiro atoms. The van der Waals surface area contributed by atoms with Crippen LogP contribution >= 0.6 is 11.6 Å². The molecule has 0 fully saturated rings. The van der Waals surface area contributed by atoms with E-state index in [1.54, 1.807) is 0 Å². The summed E-state index contributed by atoms with van der Waals surface area (Å²) in [5.41, 5.74) is 7.55. The molecule has 0 N–H and O–H groups in total. The third-order valence-corrected chi connectivity index (χ3v) is 0.499. The molecular formula is C2H2ClN3O. The van der Waals surface area contributed by atoms with Crippen LogP contribution in [0.3, 0.4) is 0 Å². The molecule has 0 unspecified atom stereocenters. The zero-order chi connectivity index (χ0) is 5.70. The van der Waals surface area contributed by atoms with Gasteiger partial charge < -0.3 is 0 Å². The van der Waals surface area contributed by atoms with Gasteiger partial charge in [-0.2, -0.15) is 0 Å². The van der Waals surface area contributed by atoms with E-state index in [0.717, 1.165) is 0 Å². The van der Waals surface area contributed by atoms with Gasteiger partial charge in [-0.15, -0.1) is 11.6 Å². The molecule has 0 aliphatic rings. The maximum absolute atomic E-state index is 9.86. The summed E-state index contributed by atoms with van der Waals surface area (Å²) < 4.78 is 0. The highest BCUT2D eigenvalue weighted by molar-refractivity contribution is 6.27. The van der Waals surface area contributed by atoms with Crippen molar-refractivity contribution in [2.24, 2.45) is 5.11 Å². The van der Waals surface area contributed by atoms with Crippen LogP contribution < -0.4 is 0 Å². The zero-order valence-electron chi connectivity index (χ0n) is 3.33. The summed E-state index contributed by atoms with van der Waals surface area (Å²) in [7, 11) is 0. The highest BCUT2D eigenvalue weighted by atomic mass is 35.5. The molecule has 0 aromatic carbocycles. The van der Waals surface area contributed by atoms with Crippen molar-refractivity contribution in [3.05, 3.63) is 10.4 Å². The second-order valence-corrected chi connectivity index (χ2v) is 0.984. The lowest BCUT2D eigenvalue weighted by atomic mass is 10.8. The molecule has 38 valence electrons. The Bertz CT molecular complexity index is 116. The average Bonchev–Trinajstić information content (AvgIpc) is 1.68. The van der Waals surface area contributed by atoms with Crippen LogP contribution in [-0.4, -0.2) is 11.8 Å². The molecule has 0 atom stereocenters. The molecule has 0 saturated carbocycles. The summed E-state index contributed by atoms with van der Waals surface area (Å²) in [5.74, 6) is -0.895. The van der Waals surface area contributed by atoms with E-state index >= 15 is 0 Å². The Kier molecular flexibility index (Phi) is 3.10. The number of azide groups is 1.